The summed E-state index contributed by atoms with van der Waals surface area (Å²) < 4.78 is 7.46. The second-order valence-electron chi connectivity index (χ2n) is 5.50. The Morgan fingerprint density at radius 3 is 2.69 bits per heavy atom. The fourth-order valence-electron chi connectivity index (χ4n) is 2.46. The van der Waals surface area contributed by atoms with E-state index in [2.05, 4.69) is 53.8 Å². The first-order chi connectivity index (χ1) is 12.6. The van der Waals surface area contributed by atoms with Crippen molar-refractivity contribution >= 4 is 61.3 Å². The molecule has 0 aliphatic heterocycles. The zero-order chi connectivity index (χ0) is 18.1. The van der Waals surface area contributed by atoms with Crippen molar-refractivity contribution in [3.05, 3.63) is 74.4 Å². The van der Waals surface area contributed by atoms with Crippen molar-refractivity contribution in [2.75, 3.05) is 5.32 Å². The first-order valence-electron chi connectivity index (χ1n) is 7.68. The van der Waals surface area contributed by atoms with Crippen molar-refractivity contribution in [2.45, 2.75) is 0 Å². The van der Waals surface area contributed by atoms with Gasteiger partial charge in [-0.15, -0.1) is 0 Å². The van der Waals surface area contributed by atoms with Crippen molar-refractivity contribution < 1.29 is 9.21 Å². The fraction of sp³-hybridized carbons (Fsp3) is 0. The maximum atomic E-state index is 12.5. The Morgan fingerprint density at radius 1 is 1.12 bits per heavy atom. The molecule has 1 amide bonds. The van der Waals surface area contributed by atoms with E-state index in [0.717, 1.165) is 13.6 Å². The van der Waals surface area contributed by atoms with Gasteiger partial charge in [-0.1, -0.05) is 15.9 Å². The number of fused-ring (bicyclic) bond motifs is 1. The summed E-state index contributed by atoms with van der Waals surface area (Å²) in [6.07, 6.45) is 1.68. The molecular weight excluding hydrogens is 509 g/mol. The highest BCUT2D eigenvalue weighted by atomic mass is 127. The Labute approximate surface area is 171 Å². The topological polar surface area (TPSA) is 68.0 Å². The van der Waals surface area contributed by atoms with Crippen LogP contribution in [-0.4, -0.2) is 15.9 Å². The molecule has 4 aromatic rings. The van der Waals surface area contributed by atoms with Gasteiger partial charge in [-0.25, -0.2) is 4.98 Å². The Balaban J connectivity index is 1.56. The van der Waals surface area contributed by atoms with Crippen molar-refractivity contribution in [2.24, 2.45) is 0 Å². The molecule has 0 radical (unpaired) electrons. The van der Waals surface area contributed by atoms with Crippen LogP contribution in [0.3, 0.4) is 0 Å². The monoisotopic (exact) mass is 519 g/mol. The second-order valence-corrected chi connectivity index (χ2v) is 7.58. The minimum Gasteiger partial charge on any atom is -0.434 e. The number of hydrogen-bond donors (Lipinski definition) is 1. The van der Waals surface area contributed by atoms with E-state index < -0.39 is 0 Å². The van der Waals surface area contributed by atoms with Gasteiger partial charge in [0.25, 0.3) is 5.91 Å². The molecule has 0 unspecified atom stereocenters. The van der Waals surface area contributed by atoms with E-state index in [1.54, 1.807) is 18.3 Å². The van der Waals surface area contributed by atoms with E-state index in [9.17, 15) is 4.79 Å². The molecule has 7 heteroatoms. The second kappa shape index (κ2) is 7.16. The lowest BCUT2D eigenvalue weighted by atomic mass is 10.2. The van der Waals surface area contributed by atoms with Gasteiger partial charge in [0.05, 0.1) is 5.56 Å². The number of carbonyl (C=O) groups is 1. The van der Waals surface area contributed by atoms with E-state index >= 15 is 0 Å². The molecule has 1 N–H and O–H groups in total. The minimum atomic E-state index is -0.158. The summed E-state index contributed by atoms with van der Waals surface area (Å²) in [4.78, 5) is 21.0. The zero-order valence-electron chi connectivity index (χ0n) is 13.2. The minimum absolute atomic E-state index is 0.158. The lowest BCUT2D eigenvalue weighted by molar-refractivity contribution is 0.102. The van der Waals surface area contributed by atoms with E-state index in [1.807, 2.05) is 42.5 Å². The Hall–Kier alpha value is -2.26. The summed E-state index contributed by atoms with van der Waals surface area (Å²) in [7, 11) is 0. The van der Waals surface area contributed by atoms with Gasteiger partial charge in [0.15, 0.2) is 11.2 Å². The van der Waals surface area contributed by atoms with E-state index in [0.29, 0.717) is 28.4 Å². The molecule has 5 nitrogen and oxygen atoms in total. The van der Waals surface area contributed by atoms with E-state index in [-0.39, 0.29) is 5.91 Å². The molecule has 128 valence electrons. The predicted octanol–water partition coefficient (Wildman–Crippen LogP) is 5.51. The van der Waals surface area contributed by atoms with Crippen LogP contribution in [0.4, 0.5) is 5.69 Å². The smallest absolute Gasteiger partial charge is 0.256 e. The molecule has 2 heterocycles. The van der Waals surface area contributed by atoms with E-state index in [1.165, 1.54) is 0 Å². The SMILES string of the molecule is O=C(Nc1ccc(-c2nc3ncccc3o2)cc1)c1cc(Br)ccc1I. The van der Waals surface area contributed by atoms with Crippen molar-refractivity contribution in [1.29, 1.82) is 0 Å². The number of benzene rings is 2. The molecule has 0 saturated carbocycles. The number of nitrogens with zero attached hydrogens (tertiary/aromatic N) is 2. The van der Waals surface area contributed by atoms with Gasteiger partial charge in [0.2, 0.25) is 5.89 Å². The molecule has 2 aromatic heterocycles. The maximum absolute atomic E-state index is 12.5. The highest BCUT2D eigenvalue weighted by molar-refractivity contribution is 14.1. The van der Waals surface area contributed by atoms with Crippen molar-refractivity contribution in [3.63, 3.8) is 0 Å². The van der Waals surface area contributed by atoms with Crippen LogP contribution in [0.1, 0.15) is 10.4 Å². The first kappa shape index (κ1) is 17.2. The molecule has 26 heavy (non-hydrogen) atoms. The van der Waals surface area contributed by atoms with Gasteiger partial charge in [-0.3, -0.25) is 4.79 Å². The molecule has 0 bridgehead atoms. The molecule has 0 saturated heterocycles. The maximum Gasteiger partial charge on any atom is 0.256 e. The van der Waals surface area contributed by atoms with Gasteiger partial charge >= 0.3 is 0 Å². The summed E-state index contributed by atoms with van der Waals surface area (Å²) in [5, 5.41) is 2.90. The number of oxazole rings is 1. The molecule has 4 rings (SSSR count). The van der Waals surface area contributed by atoms with E-state index in [4.69, 9.17) is 4.42 Å². The number of rotatable bonds is 3. The lowest BCUT2D eigenvalue weighted by Crippen LogP contribution is -2.13. The average Bonchev–Trinajstić information content (AvgIpc) is 3.08. The standard InChI is InChI=1S/C19H11BrIN3O2/c20-12-5-8-15(21)14(10-12)18(25)23-13-6-3-11(4-7-13)19-24-17-16(26-19)2-1-9-22-17/h1-10H,(H,23,25). The Kier molecular flexibility index (Phi) is 4.73. The molecular formula is C19H11BrIN3O2. The number of halogens is 2. The molecule has 0 aliphatic rings. The third-order valence-corrected chi connectivity index (χ3v) is 5.16. The van der Waals surface area contributed by atoms with Crippen LogP contribution in [0.25, 0.3) is 22.7 Å². The number of anilines is 1. The Bertz CT molecular complexity index is 1080. The number of carbonyl (C=O) groups excluding carboxylic acids is 1. The summed E-state index contributed by atoms with van der Waals surface area (Å²) in [6.45, 7) is 0. The van der Waals surface area contributed by atoms with Crippen LogP contribution < -0.4 is 5.32 Å². The quantitative estimate of drug-likeness (QED) is 0.362. The van der Waals surface area contributed by atoms with Crippen molar-refractivity contribution in [1.82, 2.24) is 9.97 Å². The molecule has 0 atom stereocenters. The van der Waals surface area contributed by atoms with Gasteiger partial charge in [0, 0.05) is 25.5 Å². The predicted molar refractivity (Wildman–Crippen MR) is 112 cm³/mol. The number of hydrogen-bond acceptors (Lipinski definition) is 4. The summed E-state index contributed by atoms with van der Waals surface area (Å²) in [5.74, 6) is 0.340. The van der Waals surface area contributed by atoms with Crippen LogP contribution in [0, 0.1) is 3.57 Å². The summed E-state index contributed by atoms with van der Waals surface area (Å²) >= 11 is 5.54. The Morgan fingerprint density at radius 2 is 1.92 bits per heavy atom. The van der Waals surface area contributed by atoms with Crippen LogP contribution in [0.5, 0.6) is 0 Å². The first-order valence-corrected chi connectivity index (χ1v) is 9.56. The van der Waals surface area contributed by atoms with Crippen LogP contribution in [0.15, 0.2) is 69.7 Å². The van der Waals surface area contributed by atoms with Crippen molar-refractivity contribution in [3.8, 4) is 11.5 Å². The molecule has 0 aliphatic carbocycles. The molecule has 2 aromatic carbocycles. The van der Waals surface area contributed by atoms with Gasteiger partial charge in [-0.2, -0.15) is 4.98 Å². The van der Waals surface area contributed by atoms with Gasteiger partial charge in [0.1, 0.15) is 0 Å². The molecule has 0 spiro atoms. The molecule has 0 fully saturated rings. The number of amides is 1. The van der Waals surface area contributed by atoms with Crippen LogP contribution in [-0.2, 0) is 0 Å². The zero-order valence-corrected chi connectivity index (χ0v) is 17.0. The number of aromatic nitrogens is 2. The normalized spacial score (nSPS) is 10.8. The van der Waals surface area contributed by atoms with Crippen LogP contribution >= 0.6 is 38.5 Å². The van der Waals surface area contributed by atoms with Crippen LogP contribution in [0.2, 0.25) is 0 Å². The largest absolute Gasteiger partial charge is 0.434 e. The lowest BCUT2D eigenvalue weighted by Gasteiger charge is -2.08. The number of pyridine rings is 1. The van der Waals surface area contributed by atoms with Gasteiger partial charge in [-0.05, 0) is 77.2 Å². The number of nitrogens with one attached hydrogen (secondary N) is 1. The fourth-order valence-corrected chi connectivity index (χ4v) is 3.40. The third-order valence-electron chi connectivity index (χ3n) is 3.73. The average molecular weight is 520 g/mol. The highest BCUT2D eigenvalue weighted by Gasteiger charge is 2.12. The highest BCUT2D eigenvalue weighted by Crippen LogP contribution is 2.25. The van der Waals surface area contributed by atoms with Gasteiger partial charge < -0.3 is 9.73 Å². The summed E-state index contributed by atoms with van der Waals surface area (Å²) in [6, 6.07) is 16.6. The summed E-state index contributed by atoms with van der Waals surface area (Å²) in [5.41, 5.74) is 3.35. The third kappa shape index (κ3) is 3.49.